The first-order valence-corrected chi connectivity index (χ1v) is 9.48. The molecule has 1 fully saturated rings. The molecule has 136 valence electrons. The summed E-state index contributed by atoms with van der Waals surface area (Å²) < 4.78 is 0. The minimum atomic E-state index is -0.118. The minimum Gasteiger partial charge on any atom is -0.342 e. The summed E-state index contributed by atoms with van der Waals surface area (Å²) in [5, 5.41) is 0.621. The van der Waals surface area contributed by atoms with Gasteiger partial charge in [0.2, 0.25) is 5.91 Å². The van der Waals surface area contributed by atoms with Crippen molar-refractivity contribution in [2.45, 2.75) is 32.1 Å². The van der Waals surface area contributed by atoms with E-state index in [4.69, 9.17) is 11.6 Å². The summed E-state index contributed by atoms with van der Waals surface area (Å²) in [6.45, 7) is 1.27. The third-order valence-electron chi connectivity index (χ3n) is 4.85. The zero-order chi connectivity index (χ0) is 18.4. The largest absolute Gasteiger partial charge is 0.342 e. The molecular weight excluding hydrogens is 348 g/mol. The van der Waals surface area contributed by atoms with Crippen molar-refractivity contribution < 1.29 is 9.59 Å². The number of hydrogen-bond donors (Lipinski definition) is 0. The summed E-state index contributed by atoms with van der Waals surface area (Å²) in [5.74, 6) is 0.129. The number of Topliss-reactive ketones (excluding diaryl/α,β-unsaturated/α-hetero) is 1. The van der Waals surface area contributed by atoms with E-state index in [2.05, 4.69) is 4.98 Å². The first-order chi connectivity index (χ1) is 12.6. The maximum atomic E-state index is 12.7. The number of benzene rings is 1. The van der Waals surface area contributed by atoms with Gasteiger partial charge in [-0.3, -0.25) is 14.6 Å². The molecule has 1 saturated heterocycles. The number of hydrogen-bond acceptors (Lipinski definition) is 3. The molecule has 4 nitrogen and oxygen atoms in total. The minimum absolute atomic E-state index is 0.106. The van der Waals surface area contributed by atoms with E-state index in [-0.39, 0.29) is 17.6 Å². The van der Waals surface area contributed by atoms with Crippen LogP contribution < -0.4 is 0 Å². The number of rotatable bonds is 6. The Morgan fingerprint density at radius 3 is 2.73 bits per heavy atom. The lowest BCUT2D eigenvalue weighted by Gasteiger charge is -2.32. The van der Waals surface area contributed by atoms with Crippen LogP contribution in [0.5, 0.6) is 0 Å². The van der Waals surface area contributed by atoms with E-state index in [0.29, 0.717) is 23.6 Å². The number of piperidine rings is 1. The normalized spacial score (nSPS) is 17.1. The lowest BCUT2D eigenvalue weighted by atomic mass is 9.90. The number of pyridine rings is 1. The molecule has 0 aliphatic carbocycles. The smallest absolute Gasteiger partial charge is 0.222 e. The van der Waals surface area contributed by atoms with E-state index in [1.165, 1.54) is 0 Å². The number of likely N-dealkylation sites (tertiary alicyclic amines) is 1. The monoisotopic (exact) mass is 370 g/mol. The highest BCUT2D eigenvalue weighted by atomic mass is 35.5. The number of ketones is 1. The molecule has 1 aromatic carbocycles. The second kappa shape index (κ2) is 8.95. The van der Waals surface area contributed by atoms with E-state index in [0.717, 1.165) is 37.8 Å². The zero-order valence-corrected chi connectivity index (χ0v) is 15.5. The van der Waals surface area contributed by atoms with E-state index < -0.39 is 0 Å². The molecule has 1 unspecified atom stereocenters. The van der Waals surface area contributed by atoms with Crippen LogP contribution in [0.1, 0.15) is 41.6 Å². The molecule has 0 N–H and O–H groups in total. The Balaban J connectivity index is 1.51. The van der Waals surface area contributed by atoms with E-state index in [1.807, 2.05) is 23.2 Å². The summed E-state index contributed by atoms with van der Waals surface area (Å²) >= 11 is 5.89. The van der Waals surface area contributed by atoms with Gasteiger partial charge < -0.3 is 4.90 Å². The molecule has 0 bridgehead atoms. The van der Waals surface area contributed by atoms with Crippen LogP contribution in [0.2, 0.25) is 5.02 Å². The van der Waals surface area contributed by atoms with Crippen LogP contribution in [-0.4, -0.2) is 34.7 Å². The highest BCUT2D eigenvalue weighted by Gasteiger charge is 2.28. The fourth-order valence-corrected chi connectivity index (χ4v) is 3.54. The Bertz CT molecular complexity index is 746. The molecule has 1 amide bonds. The van der Waals surface area contributed by atoms with Gasteiger partial charge in [-0.15, -0.1) is 0 Å². The number of nitrogens with zero attached hydrogens (tertiary/aromatic N) is 2. The Labute approximate surface area is 159 Å². The lowest BCUT2D eigenvalue weighted by Crippen LogP contribution is -2.42. The molecule has 0 saturated carbocycles. The van der Waals surface area contributed by atoms with E-state index >= 15 is 0 Å². The number of aromatic nitrogens is 1. The second-order valence-electron chi connectivity index (χ2n) is 6.76. The Morgan fingerprint density at radius 2 is 2.00 bits per heavy atom. The first kappa shape index (κ1) is 18.6. The van der Waals surface area contributed by atoms with Crippen molar-refractivity contribution in [3.05, 3.63) is 64.9 Å². The van der Waals surface area contributed by atoms with Gasteiger partial charge in [0.05, 0.1) is 0 Å². The van der Waals surface area contributed by atoms with E-state index in [1.54, 1.807) is 30.5 Å². The fourth-order valence-electron chi connectivity index (χ4n) is 3.42. The van der Waals surface area contributed by atoms with Crippen molar-refractivity contribution in [2.75, 3.05) is 13.1 Å². The zero-order valence-electron chi connectivity index (χ0n) is 14.7. The highest BCUT2D eigenvalue weighted by Crippen LogP contribution is 2.23. The van der Waals surface area contributed by atoms with Crippen molar-refractivity contribution in [3.63, 3.8) is 0 Å². The second-order valence-corrected chi connectivity index (χ2v) is 7.20. The van der Waals surface area contributed by atoms with Gasteiger partial charge in [-0.1, -0.05) is 17.7 Å². The summed E-state index contributed by atoms with van der Waals surface area (Å²) in [6, 6.07) is 10.9. The van der Waals surface area contributed by atoms with Crippen molar-refractivity contribution in [3.8, 4) is 0 Å². The van der Waals surface area contributed by atoms with Crippen molar-refractivity contribution in [2.24, 2.45) is 5.92 Å². The lowest BCUT2D eigenvalue weighted by molar-refractivity contribution is -0.132. The molecule has 0 radical (unpaired) electrons. The van der Waals surface area contributed by atoms with Gasteiger partial charge in [-0.05, 0) is 61.6 Å². The molecule has 2 heterocycles. The third-order valence-corrected chi connectivity index (χ3v) is 5.10. The molecule has 1 atom stereocenters. The van der Waals surface area contributed by atoms with Crippen LogP contribution in [0.4, 0.5) is 0 Å². The van der Waals surface area contributed by atoms with Gasteiger partial charge in [0, 0.05) is 48.4 Å². The molecule has 3 rings (SSSR count). The topological polar surface area (TPSA) is 50.3 Å². The molecule has 5 heteroatoms. The van der Waals surface area contributed by atoms with Crippen molar-refractivity contribution in [1.29, 1.82) is 0 Å². The number of carbonyl (C=O) groups is 2. The molecular formula is C21H23ClN2O2. The van der Waals surface area contributed by atoms with Gasteiger partial charge in [0.25, 0.3) is 0 Å². The van der Waals surface area contributed by atoms with Gasteiger partial charge in [0.15, 0.2) is 5.78 Å². The van der Waals surface area contributed by atoms with Crippen LogP contribution in [0, 0.1) is 5.92 Å². The quantitative estimate of drug-likeness (QED) is 0.717. The van der Waals surface area contributed by atoms with Crippen molar-refractivity contribution >= 4 is 23.3 Å². The Kier molecular flexibility index (Phi) is 6.40. The van der Waals surface area contributed by atoms with Crippen molar-refractivity contribution in [1.82, 2.24) is 9.88 Å². The van der Waals surface area contributed by atoms with Crippen LogP contribution in [0.3, 0.4) is 0 Å². The van der Waals surface area contributed by atoms with Gasteiger partial charge in [-0.2, -0.15) is 0 Å². The first-order valence-electron chi connectivity index (χ1n) is 9.10. The highest BCUT2D eigenvalue weighted by molar-refractivity contribution is 6.30. The van der Waals surface area contributed by atoms with Crippen LogP contribution >= 0.6 is 11.6 Å². The van der Waals surface area contributed by atoms with Crippen LogP contribution in [-0.2, 0) is 11.2 Å². The van der Waals surface area contributed by atoms with Gasteiger partial charge in [-0.25, -0.2) is 0 Å². The number of aryl methyl sites for hydroxylation is 1. The summed E-state index contributed by atoms with van der Waals surface area (Å²) in [4.78, 5) is 31.2. The maximum Gasteiger partial charge on any atom is 0.222 e. The molecule has 1 aliphatic rings. The fraction of sp³-hybridized carbons (Fsp3) is 0.381. The predicted molar refractivity (Wildman–Crippen MR) is 102 cm³/mol. The third kappa shape index (κ3) is 4.92. The molecule has 1 aliphatic heterocycles. The van der Waals surface area contributed by atoms with Gasteiger partial charge >= 0.3 is 0 Å². The average molecular weight is 371 g/mol. The summed E-state index contributed by atoms with van der Waals surface area (Å²) in [6.07, 6.45) is 7.46. The number of amides is 1. The van der Waals surface area contributed by atoms with Gasteiger partial charge in [0.1, 0.15) is 0 Å². The molecule has 26 heavy (non-hydrogen) atoms. The Hall–Kier alpha value is -2.20. The standard InChI is InChI=1S/C21H23ClN2O2/c22-19-10-8-17(9-11-19)21(26)18-6-3-13-24(15-18)20(25)7-1-4-16-5-2-12-23-14-16/h2,5,8-12,14,18H,1,3-4,6-7,13,15H2. The summed E-state index contributed by atoms with van der Waals surface area (Å²) in [5.41, 5.74) is 1.82. The number of halogens is 1. The molecule has 0 spiro atoms. The summed E-state index contributed by atoms with van der Waals surface area (Å²) in [7, 11) is 0. The SMILES string of the molecule is O=C(c1ccc(Cl)cc1)C1CCCN(C(=O)CCCc2cccnc2)C1. The maximum absolute atomic E-state index is 12.7. The average Bonchev–Trinajstić information content (AvgIpc) is 2.69. The predicted octanol–water partition coefficient (Wildman–Crippen LogP) is 4.18. The number of carbonyl (C=O) groups excluding carboxylic acids is 2. The molecule has 1 aromatic heterocycles. The van der Waals surface area contributed by atoms with Crippen LogP contribution in [0.25, 0.3) is 0 Å². The molecule has 2 aromatic rings. The van der Waals surface area contributed by atoms with E-state index in [9.17, 15) is 9.59 Å². The Morgan fingerprint density at radius 1 is 1.19 bits per heavy atom. The van der Waals surface area contributed by atoms with Crippen LogP contribution in [0.15, 0.2) is 48.8 Å².